The van der Waals surface area contributed by atoms with E-state index in [4.69, 9.17) is 9.47 Å². The van der Waals surface area contributed by atoms with Gasteiger partial charge in [-0.2, -0.15) is 0 Å². The second-order valence-corrected chi connectivity index (χ2v) is 9.70. The number of H-pyrrole nitrogens is 1. The Balaban J connectivity index is 0.00000380. The van der Waals surface area contributed by atoms with Gasteiger partial charge in [0.2, 0.25) is 5.91 Å². The topological polar surface area (TPSA) is 115 Å². The number of benzene rings is 3. The maximum absolute atomic E-state index is 13.3. The predicted molar refractivity (Wildman–Crippen MR) is 145 cm³/mol. The van der Waals surface area contributed by atoms with Crippen LogP contribution in [0.3, 0.4) is 0 Å². The van der Waals surface area contributed by atoms with Crippen LogP contribution in [0.15, 0.2) is 78.2 Å². The minimum atomic E-state index is -4.01. The number of aromatic amines is 1. The molecule has 0 aliphatic carbocycles. The van der Waals surface area contributed by atoms with Crippen LogP contribution in [0.1, 0.15) is 22.8 Å². The Morgan fingerprint density at radius 3 is 2.16 bits per heavy atom. The van der Waals surface area contributed by atoms with Gasteiger partial charge in [0.25, 0.3) is 10.0 Å². The number of carbonyl (C=O) groups is 2. The number of nitrogens with one attached hydrogen (secondary N) is 2. The first-order valence-electron chi connectivity index (χ1n) is 10.9. The van der Waals surface area contributed by atoms with E-state index in [1.807, 2.05) is 35.1 Å². The van der Waals surface area contributed by atoms with Crippen molar-refractivity contribution in [2.45, 2.75) is 11.8 Å². The van der Waals surface area contributed by atoms with E-state index in [1.165, 1.54) is 31.4 Å². The van der Waals surface area contributed by atoms with Gasteiger partial charge in [0.05, 0.1) is 24.8 Å². The van der Waals surface area contributed by atoms with Crippen molar-refractivity contribution in [1.29, 1.82) is 0 Å². The molecule has 0 atom stereocenters. The summed E-state index contributed by atoms with van der Waals surface area (Å²) in [6.07, 6.45) is 0. The van der Waals surface area contributed by atoms with E-state index in [-0.39, 0.29) is 45.6 Å². The van der Waals surface area contributed by atoms with Crippen molar-refractivity contribution < 1.29 is 27.5 Å². The summed E-state index contributed by atoms with van der Waals surface area (Å²) < 4.78 is 37.4. The van der Waals surface area contributed by atoms with Gasteiger partial charge in [0.15, 0.2) is 5.78 Å². The molecule has 4 rings (SSSR count). The van der Waals surface area contributed by atoms with Crippen LogP contribution in [-0.2, 0) is 14.8 Å². The Bertz CT molecular complexity index is 1570. The summed E-state index contributed by atoms with van der Waals surface area (Å²) >= 11 is 0. The zero-order valence-electron chi connectivity index (χ0n) is 19.9. The maximum atomic E-state index is 13.3. The number of para-hydroxylation sites is 1. The fourth-order valence-corrected chi connectivity index (χ4v) is 4.88. The molecule has 0 aliphatic rings. The predicted octanol–water partition coefficient (Wildman–Crippen LogP) is 3.92. The summed E-state index contributed by atoms with van der Waals surface area (Å²) in [4.78, 5) is 27.7. The zero-order valence-corrected chi connectivity index (χ0v) is 20.7. The first-order chi connectivity index (χ1) is 17.1. The molecule has 0 spiro atoms. The van der Waals surface area contributed by atoms with Crippen LogP contribution in [0, 0.1) is 0 Å². The zero-order chi connectivity index (χ0) is 26.0. The third-order valence-corrected chi connectivity index (χ3v) is 7.09. The van der Waals surface area contributed by atoms with E-state index in [2.05, 4.69) is 11.6 Å². The molecule has 186 valence electrons. The molecule has 0 bridgehead atoms. The van der Waals surface area contributed by atoms with Gasteiger partial charge in [-0.25, -0.2) is 13.1 Å². The summed E-state index contributed by atoms with van der Waals surface area (Å²) in [6.45, 7) is 5.10. The molecule has 4 aromatic rings. The summed E-state index contributed by atoms with van der Waals surface area (Å²) in [6, 6.07) is 18.6. The molecule has 1 heterocycles. The first kappa shape index (κ1) is 28.2. The molecule has 0 fully saturated rings. The van der Waals surface area contributed by atoms with E-state index in [1.54, 1.807) is 19.2 Å². The van der Waals surface area contributed by atoms with Crippen LogP contribution < -0.4 is 14.2 Å². The van der Waals surface area contributed by atoms with Crippen molar-refractivity contribution in [1.82, 2.24) is 9.71 Å². The van der Waals surface area contributed by atoms with Gasteiger partial charge in [-0.15, -0.1) is 0 Å². The second kappa shape index (κ2) is 11.4. The number of allylic oxidation sites excluding steroid dienone is 1. The van der Waals surface area contributed by atoms with Crippen molar-refractivity contribution in [2.75, 3.05) is 14.2 Å². The minimum absolute atomic E-state index is 0. The van der Waals surface area contributed by atoms with Gasteiger partial charge in [-0.05, 0) is 42.5 Å². The van der Waals surface area contributed by atoms with Gasteiger partial charge < -0.3 is 14.5 Å². The Kier molecular flexibility index (Phi) is 8.65. The van der Waals surface area contributed by atoms with Gasteiger partial charge in [-0.1, -0.05) is 24.8 Å². The molecule has 1 aromatic heterocycles. The molecule has 37 heavy (non-hydrogen) atoms. The van der Waals surface area contributed by atoms with E-state index < -0.39 is 21.7 Å². The van der Waals surface area contributed by atoms with Crippen molar-refractivity contribution in [3.8, 4) is 22.8 Å². The first-order valence-corrected chi connectivity index (χ1v) is 12.3. The number of Topliss-reactive ketones (excluding diaryl/α,β-unsaturated/α-hetero) is 1. The summed E-state index contributed by atoms with van der Waals surface area (Å²) in [5, 5.41) is 1.02. The number of aromatic nitrogens is 1. The Hall–Kier alpha value is -3.37. The Labute approximate surface area is 237 Å². The van der Waals surface area contributed by atoms with Gasteiger partial charge >= 0.3 is 29.6 Å². The molecular weight excluding hydrogens is 503 g/mol. The third kappa shape index (κ3) is 5.80. The average Bonchev–Trinajstić information content (AvgIpc) is 3.30. The molecule has 0 saturated carbocycles. The molecule has 0 radical (unpaired) electrons. The van der Waals surface area contributed by atoms with E-state index >= 15 is 0 Å². The van der Waals surface area contributed by atoms with Gasteiger partial charge in [-0.3, -0.25) is 9.59 Å². The number of methoxy groups -OCH3 is 2. The van der Waals surface area contributed by atoms with E-state index in [0.29, 0.717) is 17.1 Å². The SMILES string of the molecule is C=C(C(=O)c1ccc(S(=O)(=O)NC(C)=O)cc1)c1cc(-c2cc3ccccc3[nH]2)c(OC)cc1OC.[NaH]. The fraction of sp³-hybridized carbons (Fsp3) is 0.111. The molecule has 8 nitrogen and oxygen atoms in total. The summed E-state index contributed by atoms with van der Waals surface area (Å²) in [7, 11) is -0.972. The third-order valence-electron chi connectivity index (χ3n) is 5.65. The van der Waals surface area contributed by atoms with Gasteiger partial charge in [0, 0.05) is 46.2 Å². The number of amides is 1. The number of hydrogen-bond acceptors (Lipinski definition) is 6. The number of ketones is 1. The Morgan fingerprint density at radius 1 is 0.919 bits per heavy atom. The molecule has 2 N–H and O–H groups in total. The summed E-state index contributed by atoms with van der Waals surface area (Å²) in [5.41, 5.74) is 3.32. The van der Waals surface area contributed by atoms with Gasteiger partial charge in [0.1, 0.15) is 11.5 Å². The normalized spacial score (nSPS) is 10.9. The van der Waals surface area contributed by atoms with Crippen molar-refractivity contribution in [3.63, 3.8) is 0 Å². The molecular formula is C27H25N2NaO6S. The molecule has 0 aliphatic heterocycles. The van der Waals surface area contributed by atoms with Crippen LogP contribution in [0.25, 0.3) is 27.7 Å². The molecule has 10 heteroatoms. The fourth-order valence-electron chi connectivity index (χ4n) is 3.89. The van der Waals surface area contributed by atoms with Crippen LogP contribution in [0.2, 0.25) is 0 Å². The van der Waals surface area contributed by atoms with E-state index in [9.17, 15) is 18.0 Å². The number of sulfonamides is 1. The number of hydrogen-bond donors (Lipinski definition) is 2. The van der Waals surface area contributed by atoms with Crippen LogP contribution >= 0.6 is 0 Å². The monoisotopic (exact) mass is 528 g/mol. The molecule has 0 unspecified atom stereocenters. The standard InChI is InChI=1S/C27H24N2O6S.Na.H/c1-16(27(31)18-9-11-20(12-10-18)36(32,33)29-17(2)30)21-14-22(26(35-4)15-25(21)34-3)24-13-19-7-5-6-8-23(19)28-24;;/h5-15,28H,1H2,2-4H3,(H,29,30);;. The van der Waals surface area contributed by atoms with Crippen LogP contribution in [-0.4, -0.2) is 68.9 Å². The van der Waals surface area contributed by atoms with Crippen LogP contribution in [0.5, 0.6) is 11.5 Å². The Morgan fingerprint density at radius 2 is 1.57 bits per heavy atom. The van der Waals surface area contributed by atoms with E-state index in [0.717, 1.165) is 29.1 Å². The van der Waals surface area contributed by atoms with Crippen LogP contribution in [0.4, 0.5) is 0 Å². The average molecular weight is 529 g/mol. The molecule has 1 amide bonds. The molecule has 3 aromatic carbocycles. The molecule has 0 saturated heterocycles. The number of carbonyl (C=O) groups excluding carboxylic acids is 2. The van der Waals surface area contributed by atoms with Crippen molar-refractivity contribution in [2.24, 2.45) is 0 Å². The van der Waals surface area contributed by atoms with Crippen molar-refractivity contribution in [3.05, 3.63) is 84.4 Å². The number of rotatable bonds is 8. The quantitative estimate of drug-likeness (QED) is 0.204. The summed E-state index contributed by atoms with van der Waals surface area (Å²) in [5.74, 6) is -0.171. The number of ether oxygens (including phenoxy) is 2. The second-order valence-electron chi connectivity index (χ2n) is 8.02. The van der Waals surface area contributed by atoms with Crippen molar-refractivity contribution >= 4 is 67.7 Å². The number of fused-ring (bicyclic) bond motifs is 1.